The number of allylic oxidation sites excluding steroid dienone is 1. The highest BCUT2D eigenvalue weighted by molar-refractivity contribution is 6.33. The molecule has 86 valence electrons. The average molecular weight is 255 g/mol. The van der Waals surface area contributed by atoms with E-state index in [1.807, 2.05) is 18.2 Å². The summed E-state index contributed by atoms with van der Waals surface area (Å²) in [4.78, 5) is 0. The summed E-state index contributed by atoms with van der Waals surface area (Å²) in [5.74, 6) is 1.05. The van der Waals surface area contributed by atoms with Crippen molar-refractivity contribution in [2.45, 2.75) is 0 Å². The highest BCUT2D eigenvalue weighted by Crippen LogP contribution is 2.29. The molecule has 0 spiro atoms. The van der Waals surface area contributed by atoms with Crippen molar-refractivity contribution in [2.75, 3.05) is 0 Å². The lowest BCUT2D eigenvalue weighted by Crippen LogP contribution is -1.75. The number of nitriles is 2. The third-order valence-corrected chi connectivity index (χ3v) is 2.62. The van der Waals surface area contributed by atoms with Crippen LogP contribution in [0.4, 0.5) is 0 Å². The zero-order valence-corrected chi connectivity index (χ0v) is 9.98. The Labute approximate surface area is 109 Å². The van der Waals surface area contributed by atoms with Crippen molar-refractivity contribution in [1.82, 2.24) is 0 Å². The third kappa shape index (κ3) is 2.43. The molecule has 0 atom stereocenters. The molecule has 2 aromatic rings. The fourth-order valence-electron chi connectivity index (χ4n) is 1.47. The normalized spacial score (nSPS) is 9.28. The van der Waals surface area contributed by atoms with Crippen LogP contribution in [0.25, 0.3) is 17.4 Å². The van der Waals surface area contributed by atoms with Gasteiger partial charge in [0.1, 0.15) is 29.2 Å². The molecule has 0 aliphatic carbocycles. The van der Waals surface area contributed by atoms with Crippen molar-refractivity contribution in [2.24, 2.45) is 0 Å². The second-order valence-electron chi connectivity index (χ2n) is 3.46. The Hall–Kier alpha value is -2.49. The summed E-state index contributed by atoms with van der Waals surface area (Å²) in [6, 6.07) is 14.3. The van der Waals surface area contributed by atoms with E-state index in [1.165, 1.54) is 6.08 Å². The molecule has 0 unspecified atom stereocenters. The molecular formula is C14H7ClN2O. The summed E-state index contributed by atoms with van der Waals surface area (Å²) in [7, 11) is 0. The summed E-state index contributed by atoms with van der Waals surface area (Å²) in [5, 5.41) is 17.9. The molecule has 0 bridgehead atoms. The number of nitrogens with zero attached hydrogens (tertiary/aromatic N) is 2. The zero-order chi connectivity index (χ0) is 13.0. The van der Waals surface area contributed by atoms with Crippen molar-refractivity contribution in [1.29, 1.82) is 10.5 Å². The third-order valence-electron chi connectivity index (χ3n) is 2.29. The smallest absolute Gasteiger partial charge is 0.136 e. The maximum Gasteiger partial charge on any atom is 0.136 e. The molecule has 0 N–H and O–H groups in total. The topological polar surface area (TPSA) is 60.7 Å². The van der Waals surface area contributed by atoms with Crippen LogP contribution in [0, 0.1) is 22.7 Å². The molecule has 0 aliphatic heterocycles. The van der Waals surface area contributed by atoms with Crippen LogP contribution in [0.2, 0.25) is 5.02 Å². The highest BCUT2D eigenvalue weighted by atomic mass is 35.5. The van der Waals surface area contributed by atoms with E-state index in [4.69, 9.17) is 26.5 Å². The fraction of sp³-hybridized carbons (Fsp3) is 0. The van der Waals surface area contributed by atoms with Crippen LogP contribution in [0.1, 0.15) is 5.76 Å². The number of benzene rings is 1. The molecule has 2 rings (SSSR count). The fourth-order valence-corrected chi connectivity index (χ4v) is 1.70. The quantitative estimate of drug-likeness (QED) is 0.760. The number of rotatable bonds is 2. The number of furan rings is 1. The average Bonchev–Trinajstić information content (AvgIpc) is 2.85. The van der Waals surface area contributed by atoms with Gasteiger partial charge < -0.3 is 4.42 Å². The molecule has 0 amide bonds. The Morgan fingerprint density at radius 3 is 2.50 bits per heavy atom. The van der Waals surface area contributed by atoms with E-state index in [9.17, 15) is 0 Å². The SMILES string of the molecule is N#CC(C#N)=Cc1ccc(-c2ccccc2Cl)o1. The van der Waals surface area contributed by atoms with Gasteiger partial charge in [0.2, 0.25) is 0 Å². The second-order valence-corrected chi connectivity index (χ2v) is 3.87. The van der Waals surface area contributed by atoms with Gasteiger partial charge in [0.25, 0.3) is 0 Å². The van der Waals surface area contributed by atoms with E-state index >= 15 is 0 Å². The van der Waals surface area contributed by atoms with Gasteiger partial charge in [-0.2, -0.15) is 10.5 Å². The van der Waals surface area contributed by atoms with Crippen LogP contribution >= 0.6 is 11.6 Å². The van der Waals surface area contributed by atoms with Gasteiger partial charge in [-0.05, 0) is 24.3 Å². The summed E-state index contributed by atoms with van der Waals surface area (Å²) in [6.07, 6.45) is 1.39. The first kappa shape index (κ1) is 12.0. The molecule has 0 saturated heterocycles. The molecule has 0 aliphatic rings. The van der Waals surface area contributed by atoms with Crippen molar-refractivity contribution < 1.29 is 4.42 Å². The Kier molecular flexibility index (Phi) is 3.48. The minimum atomic E-state index is -0.00458. The molecule has 1 aromatic heterocycles. The number of hydrogen-bond donors (Lipinski definition) is 0. The summed E-state index contributed by atoms with van der Waals surface area (Å²) >= 11 is 6.05. The molecule has 3 nitrogen and oxygen atoms in total. The van der Waals surface area contributed by atoms with Crippen LogP contribution in [0.15, 0.2) is 46.4 Å². The van der Waals surface area contributed by atoms with Crippen molar-refractivity contribution in [3.8, 4) is 23.5 Å². The largest absolute Gasteiger partial charge is 0.457 e. The lowest BCUT2D eigenvalue weighted by atomic mass is 10.2. The molecule has 0 fully saturated rings. The van der Waals surface area contributed by atoms with Crippen molar-refractivity contribution in [3.05, 3.63) is 52.8 Å². The second kappa shape index (κ2) is 5.23. The lowest BCUT2D eigenvalue weighted by Gasteiger charge is -1.98. The van der Waals surface area contributed by atoms with Gasteiger partial charge in [-0.15, -0.1) is 0 Å². The van der Waals surface area contributed by atoms with Crippen LogP contribution < -0.4 is 0 Å². The first-order chi connectivity index (χ1) is 8.74. The van der Waals surface area contributed by atoms with Gasteiger partial charge in [-0.3, -0.25) is 0 Å². The van der Waals surface area contributed by atoms with Crippen LogP contribution in [0.3, 0.4) is 0 Å². The predicted octanol–water partition coefficient (Wildman–Crippen LogP) is 4.03. The molecule has 0 radical (unpaired) electrons. The Morgan fingerprint density at radius 1 is 1.11 bits per heavy atom. The summed E-state index contributed by atoms with van der Waals surface area (Å²) in [5.41, 5.74) is 0.768. The van der Waals surface area contributed by atoms with Gasteiger partial charge in [0.15, 0.2) is 0 Å². The Balaban J connectivity index is 2.39. The first-order valence-corrected chi connectivity index (χ1v) is 5.49. The zero-order valence-electron chi connectivity index (χ0n) is 9.22. The monoisotopic (exact) mass is 254 g/mol. The minimum Gasteiger partial charge on any atom is -0.457 e. The predicted molar refractivity (Wildman–Crippen MR) is 68.4 cm³/mol. The van der Waals surface area contributed by atoms with E-state index in [2.05, 4.69) is 0 Å². The number of halogens is 1. The Bertz CT molecular complexity index is 670. The van der Waals surface area contributed by atoms with Crippen LogP contribution in [-0.2, 0) is 0 Å². The van der Waals surface area contributed by atoms with Crippen molar-refractivity contribution >= 4 is 17.7 Å². The van der Waals surface area contributed by atoms with Crippen molar-refractivity contribution in [3.63, 3.8) is 0 Å². The van der Waals surface area contributed by atoms with Gasteiger partial charge in [-0.1, -0.05) is 23.7 Å². The van der Waals surface area contributed by atoms with Crippen LogP contribution in [0.5, 0.6) is 0 Å². The maximum atomic E-state index is 8.65. The number of hydrogen-bond acceptors (Lipinski definition) is 3. The van der Waals surface area contributed by atoms with E-state index in [-0.39, 0.29) is 5.57 Å². The summed E-state index contributed by atoms with van der Waals surface area (Å²) in [6.45, 7) is 0. The minimum absolute atomic E-state index is 0.00458. The van der Waals surface area contributed by atoms with Gasteiger partial charge in [0, 0.05) is 11.6 Å². The molecule has 1 heterocycles. The van der Waals surface area contributed by atoms with E-state index in [0.29, 0.717) is 16.5 Å². The molecular weight excluding hydrogens is 248 g/mol. The standard InChI is InChI=1S/C14H7ClN2O/c15-13-4-2-1-3-12(13)14-6-5-11(18-14)7-10(8-16)9-17/h1-7H. The highest BCUT2D eigenvalue weighted by Gasteiger charge is 2.07. The maximum absolute atomic E-state index is 8.65. The first-order valence-electron chi connectivity index (χ1n) is 5.11. The van der Waals surface area contributed by atoms with E-state index in [1.54, 1.807) is 30.3 Å². The van der Waals surface area contributed by atoms with E-state index in [0.717, 1.165) is 5.56 Å². The molecule has 4 heteroatoms. The lowest BCUT2D eigenvalue weighted by molar-refractivity contribution is 0.571. The summed E-state index contributed by atoms with van der Waals surface area (Å²) < 4.78 is 5.52. The van der Waals surface area contributed by atoms with Gasteiger partial charge in [0.05, 0.1) is 5.02 Å². The molecule has 1 aromatic carbocycles. The van der Waals surface area contributed by atoms with Crippen LogP contribution in [-0.4, -0.2) is 0 Å². The molecule has 0 saturated carbocycles. The van der Waals surface area contributed by atoms with E-state index < -0.39 is 0 Å². The van der Waals surface area contributed by atoms with Gasteiger partial charge >= 0.3 is 0 Å². The van der Waals surface area contributed by atoms with Gasteiger partial charge in [-0.25, -0.2) is 0 Å². The molecule has 18 heavy (non-hydrogen) atoms. The Morgan fingerprint density at radius 2 is 1.83 bits per heavy atom.